The number of aliphatic hydroxyl groups is 1. The Kier molecular flexibility index (Phi) is 5.69. The summed E-state index contributed by atoms with van der Waals surface area (Å²) < 4.78 is 10.0. The lowest BCUT2D eigenvalue weighted by atomic mass is 10.2. The standard InChI is InChI=1S/C16H19ClN2O5/c1-9-6-13(23-2)12(7-11(9)17)18-14-10(16(22)24-3)8-19(4-5-20)15(14)21/h6-7,18,20H,4-5,8H2,1-3H3. The number of esters is 1. The number of nitrogens with zero attached hydrogens (tertiary/aromatic N) is 1. The molecule has 1 amide bonds. The number of ether oxygens (including phenoxy) is 2. The molecule has 0 aromatic heterocycles. The molecular formula is C16H19ClN2O5. The van der Waals surface area contributed by atoms with Crippen LogP contribution >= 0.6 is 11.6 Å². The number of carbonyl (C=O) groups excluding carboxylic acids is 2. The largest absolute Gasteiger partial charge is 0.495 e. The summed E-state index contributed by atoms with van der Waals surface area (Å²) in [5, 5.41) is 12.5. The van der Waals surface area contributed by atoms with Crippen LogP contribution in [0.5, 0.6) is 5.75 Å². The van der Waals surface area contributed by atoms with E-state index in [0.29, 0.717) is 16.5 Å². The van der Waals surface area contributed by atoms with E-state index < -0.39 is 11.9 Å². The molecule has 2 rings (SSSR count). The summed E-state index contributed by atoms with van der Waals surface area (Å²) in [6.07, 6.45) is 0. The van der Waals surface area contributed by atoms with Gasteiger partial charge in [-0.3, -0.25) is 4.79 Å². The summed E-state index contributed by atoms with van der Waals surface area (Å²) in [6, 6.07) is 3.35. The van der Waals surface area contributed by atoms with Crippen molar-refractivity contribution in [3.63, 3.8) is 0 Å². The number of aliphatic hydroxyl groups excluding tert-OH is 1. The predicted molar refractivity (Wildman–Crippen MR) is 89.1 cm³/mol. The van der Waals surface area contributed by atoms with Crippen molar-refractivity contribution >= 4 is 29.2 Å². The summed E-state index contributed by atoms with van der Waals surface area (Å²) in [5.74, 6) is -0.520. The number of hydrogen-bond donors (Lipinski definition) is 2. The third kappa shape index (κ3) is 3.47. The minimum Gasteiger partial charge on any atom is -0.495 e. The number of halogens is 1. The number of β-amino-alcohol motifs (C(OH)–C–C–N with tert-alkyl or cyclic N) is 1. The van der Waals surface area contributed by atoms with Crippen molar-refractivity contribution in [2.75, 3.05) is 39.2 Å². The number of methoxy groups -OCH3 is 2. The molecule has 0 fully saturated rings. The van der Waals surface area contributed by atoms with Gasteiger partial charge in [0.25, 0.3) is 5.91 Å². The molecule has 1 aromatic rings. The molecule has 24 heavy (non-hydrogen) atoms. The Morgan fingerprint density at radius 3 is 2.71 bits per heavy atom. The van der Waals surface area contributed by atoms with Crippen LogP contribution in [-0.2, 0) is 14.3 Å². The summed E-state index contributed by atoms with van der Waals surface area (Å²) >= 11 is 6.14. The Balaban J connectivity index is 2.42. The van der Waals surface area contributed by atoms with Crippen LogP contribution in [0, 0.1) is 6.92 Å². The third-order valence-corrected chi connectivity index (χ3v) is 4.10. The van der Waals surface area contributed by atoms with E-state index in [1.165, 1.54) is 19.1 Å². The Labute approximate surface area is 144 Å². The van der Waals surface area contributed by atoms with Crippen molar-refractivity contribution in [1.29, 1.82) is 0 Å². The van der Waals surface area contributed by atoms with Gasteiger partial charge in [0.05, 0.1) is 38.6 Å². The second kappa shape index (κ2) is 7.55. The van der Waals surface area contributed by atoms with Gasteiger partial charge in [0, 0.05) is 11.6 Å². The van der Waals surface area contributed by atoms with E-state index in [0.717, 1.165) is 5.56 Å². The lowest BCUT2D eigenvalue weighted by Gasteiger charge is -2.16. The average molecular weight is 355 g/mol. The van der Waals surface area contributed by atoms with Gasteiger partial charge >= 0.3 is 5.97 Å². The molecule has 0 aliphatic carbocycles. The molecule has 0 radical (unpaired) electrons. The monoisotopic (exact) mass is 354 g/mol. The number of benzene rings is 1. The maximum absolute atomic E-state index is 12.5. The van der Waals surface area contributed by atoms with Crippen molar-refractivity contribution in [3.8, 4) is 5.75 Å². The smallest absolute Gasteiger partial charge is 0.337 e. The molecule has 0 spiro atoms. The second-order valence-corrected chi connectivity index (χ2v) is 5.63. The van der Waals surface area contributed by atoms with Crippen LogP contribution in [0.15, 0.2) is 23.4 Å². The molecular weight excluding hydrogens is 336 g/mol. The lowest BCUT2D eigenvalue weighted by Crippen LogP contribution is -2.31. The lowest BCUT2D eigenvalue weighted by molar-refractivity contribution is -0.136. The molecule has 0 atom stereocenters. The number of hydrogen-bond acceptors (Lipinski definition) is 6. The van der Waals surface area contributed by atoms with Crippen molar-refractivity contribution in [3.05, 3.63) is 34.0 Å². The topological polar surface area (TPSA) is 88.1 Å². The summed E-state index contributed by atoms with van der Waals surface area (Å²) in [7, 11) is 2.74. The third-order valence-electron chi connectivity index (χ3n) is 3.69. The molecule has 8 heteroatoms. The van der Waals surface area contributed by atoms with Gasteiger partial charge in [-0.15, -0.1) is 0 Å². The van der Waals surface area contributed by atoms with Gasteiger partial charge < -0.3 is 24.8 Å². The molecule has 0 unspecified atom stereocenters. The first-order chi connectivity index (χ1) is 11.4. The fourth-order valence-corrected chi connectivity index (χ4v) is 2.57. The van der Waals surface area contributed by atoms with Crippen LogP contribution in [0.1, 0.15) is 5.56 Å². The highest BCUT2D eigenvalue weighted by atomic mass is 35.5. The number of anilines is 1. The molecule has 1 heterocycles. The second-order valence-electron chi connectivity index (χ2n) is 5.22. The average Bonchev–Trinajstić information content (AvgIpc) is 2.87. The van der Waals surface area contributed by atoms with Crippen LogP contribution < -0.4 is 10.1 Å². The number of carbonyl (C=O) groups is 2. The normalized spacial score (nSPS) is 14.2. The molecule has 2 N–H and O–H groups in total. The minimum absolute atomic E-state index is 0.0658. The zero-order chi connectivity index (χ0) is 17.9. The Morgan fingerprint density at radius 1 is 1.42 bits per heavy atom. The van der Waals surface area contributed by atoms with Crippen molar-refractivity contribution < 1.29 is 24.2 Å². The van der Waals surface area contributed by atoms with E-state index in [1.54, 1.807) is 12.1 Å². The first kappa shape index (κ1) is 18.1. The Bertz CT molecular complexity index is 702. The van der Waals surface area contributed by atoms with Crippen molar-refractivity contribution in [1.82, 2.24) is 4.90 Å². The summed E-state index contributed by atoms with van der Waals surface area (Å²) in [4.78, 5) is 25.8. The molecule has 130 valence electrons. The fourth-order valence-electron chi connectivity index (χ4n) is 2.41. The van der Waals surface area contributed by atoms with Gasteiger partial charge in [-0.05, 0) is 24.6 Å². The predicted octanol–water partition coefficient (Wildman–Crippen LogP) is 1.33. The zero-order valence-electron chi connectivity index (χ0n) is 13.7. The van der Waals surface area contributed by atoms with Crippen LogP contribution in [0.4, 0.5) is 5.69 Å². The maximum atomic E-state index is 12.5. The highest BCUT2D eigenvalue weighted by Crippen LogP contribution is 2.33. The van der Waals surface area contributed by atoms with Gasteiger partial charge in [0.15, 0.2) is 0 Å². The van der Waals surface area contributed by atoms with E-state index in [4.69, 9.17) is 26.2 Å². The highest BCUT2D eigenvalue weighted by molar-refractivity contribution is 6.31. The van der Waals surface area contributed by atoms with Crippen LogP contribution in [0.25, 0.3) is 0 Å². The molecule has 1 aliphatic rings. The maximum Gasteiger partial charge on any atom is 0.337 e. The van der Waals surface area contributed by atoms with E-state index in [-0.39, 0.29) is 31.0 Å². The van der Waals surface area contributed by atoms with E-state index >= 15 is 0 Å². The highest BCUT2D eigenvalue weighted by Gasteiger charge is 2.34. The SMILES string of the molecule is COC(=O)C1=C(Nc2cc(Cl)c(C)cc2OC)C(=O)N(CCO)C1. The van der Waals surface area contributed by atoms with Gasteiger partial charge in [-0.25, -0.2) is 4.79 Å². The number of nitrogens with one attached hydrogen (secondary N) is 1. The molecule has 1 aliphatic heterocycles. The molecule has 7 nitrogen and oxygen atoms in total. The number of rotatable bonds is 6. The Hall–Kier alpha value is -2.25. The summed E-state index contributed by atoms with van der Waals surface area (Å²) in [5.41, 5.74) is 1.56. The molecule has 1 aromatic carbocycles. The molecule has 0 saturated carbocycles. The van der Waals surface area contributed by atoms with Crippen molar-refractivity contribution in [2.24, 2.45) is 0 Å². The first-order valence-electron chi connectivity index (χ1n) is 7.25. The quantitative estimate of drug-likeness (QED) is 0.749. The van der Waals surface area contributed by atoms with Gasteiger partial charge in [0.2, 0.25) is 0 Å². The van der Waals surface area contributed by atoms with Crippen LogP contribution in [-0.4, -0.2) is 55.8 Å². The zero-order valence-corrected chi connectivity index (χ0v) is 14.4. The molecule has 0 bridgehead atoms. The number of aryl methyl sites for hydroxylation is 1. The van der Waals surface area contributed by atoms with Gasteiger partial charge in [-0.1, -0.05) is 11.6 Å². The van der Waals surface area contributed by atoms with Crippen molar-refractivity contribution in [2.45, 2.75) is 6.92 Å². The van der Waals surface area contributed by atoms with E-state index in [2.05, 4.69) is 5.32 Å². The minimum atomic E-state index is -0.608. The van der Waals surface area contributed by atoms with Crippen LogP contribution in [0.2, 0.25) is 5.02 Å². The van der Waals surface area contributed by atoms with Crippen LogP contribution in [0.3, 0.4) is 0 Å². The number of amides is 1. The molecule has 0 saturated heterocycles. The fraction of sp³-hybridized carbons (Fsp3) is 0.375. The first-order valence-corrected chi connectivity index (χ1v) is 7.63. The Morgan fingerprint density at radius 2 is 2.12 bits per heavy atom. The van der Waals surface area contributed by atoms with E-state index in [1.807, 2.05) is 6.92 Å². The van der Waals surface area contributed by atoms with Gasteiger partial charge in [0.1, 0.15) is 11.4 Å². The van der Waals surface area contributed by atoms with E-state index in [9.17, 15) is 9.59 Å². The summed E-state index contributed by atoms with van der Waals surface area (Å²) in [6.45, 7) is 1.82. The van der Waals surface area contributed by atoms with Gasteiger partial charge in [-0.2, -0.15) is 0 Å².